The summed E-state index contributed by atoms with van der Waals surface area (Å²) in [5, 5.41) is 10.1. The van der Waals surface area contributed by atoms with Crippen LogP contribution >= 0.6 is 0 Å². The van der Waals surface area contributed by atoms with Crippen LogP contribution in [0.1, 0.15) is 30.8 Å². The summed E-state index contributed by atoms with van der Waals surface area (Å²) in [7, 11) is 0. The summed E-state index contributed by atoms with van der Waals surface area (Å²) in [6.45, 7) is 3.59. The molecule has 1 N–H and O–H groups in total. The molecule has 14 heteroatoms. The first-order valence-corrected chi connectivity index (χ1v) is 9.59. The van der Waals surface area contributed by atoms with Gasteiger partial charge in [-0.15, -0.1) is 23.4 Å². The number of nitrogens with one attached hydrogen (secondary N) is 1. The lowest BCUT2D eigenvalue weighted by Gasteiger charge is -2.34. The maximum atomic E-state index is 12.6. The van der Waals surface area contributed by atoms with Gasteiger partial charge < -0.3 is 14.5 Å². The summed E-state index contributed by atoms with van der Waals surface area (Å²) in [6, 6.07) is 1.94. The molecule has 3 rings (SSSR count). The molecule has 1 amide bonds. The smallest absolute Gasteiger partial charge is 0.416 e. The van der Waals surface area contributed by atoms with Crippen LogP contribution < -0.4 is 5.32 Å². The van der Waals surface area contributed by atoms with Crippen LogP contribution in [0.4, 0.5) is 26.3 Å². The number of halogens is 6. The average Bonchev–Trinajstić information content (AvgIpc) is 3.18. The predicted octanol–water partition coefficient (Wildman–Crippen LogP) is 3.75. The number of nitrogens with zero attached hydrogens (tertiary/aromatic N) is 3. The predicted molar refractivity (Wildman–Crippen MR) is 99.1 cm³/mol. The monoisotopic (exact) mass is 480 g/mol. The molecule has 0 spiro atoms. The standard InChI is InChI=1S/C19H18F6N4O4/c1-10(4-5-26-15(30)9-31-12-6-13(7-12)33-19(23,24)25)16-28-29-17(32-16)11-2-3-14(27-8-11)18(20,21)22/h2-3,8,12-13H,1,4-7,9H2,(H,26,30). The molecule has 8 nitrogen and oxygen atoms in total. The lowest BCUT2D eigenvalue weighted by atomic mass is 9.92. The Kier molecular flexibility index (Phi) is 7.37. The van der Waals surface area contributed by atoms with Gasteiger partial charge in [0.05, 0.1) is 17.8 Å². The minimum atomic E-state index is -4.69. The van der Waals surface area contributed by atoms with Crippen LogP contribution in [0.15, 0.2) is 29.3 Å². The number of hydrogen-bond acceptors (Lipinski definition) is 7. The van der Waals surface area contributed by atoms with E-state index in [0.717, 1.165) is 18.3 Å². The molecule has 0 unspecified atom stereocenters. The minimum Gasteiger partial charge on any atom is -0.416 e. The summed E-state index contributed by atoms with van der Waals surface area (Å²) in [4.78, 5) is 15.1. The summed E-state index contributed by atoms with van der Waals surface area (Å²) < 4.78 is 88.3. The van der Waals surface area contributed by atoms with Crippen LogP contribution in [-0.2, 0) is 20.4 Å². The van der Waals surface area contributed by atoms with Gasteiger partial charge >= 0.3 is 12.5 Å². The van der Waals surface area contributed by atoms with Gasteiger partial charge in [0.2, 0.25) is 17.7 Å². The topological polar surface area (TPSA) is 99.4 Å². The van der Waals surface area contributed by atoms with E-state index in [1.54, 1.807) is 0 Å². The van der Waals surface area contributed by atoms with Crippen LogP contribution in [0.2, 0.25) is 0 Å². The molecule has 0 bridgehead atoms. The van der Waals surface area contributed by atoms with Crippen molar-refractivity contribution in [1.29, 1.82) is 0 Å². The van der Waals surface area contributed by atoms with Crippen LogP contribution in [0.25, 0.3) is 17.0 Å². The van der Waals surface area contributed by atoms with Gasteiger partial charge in [-0.2, -0.15) is 13.2 Å². The van der Waals surface area contributed by atoms with E-state index in [0.29, 0.717) is 5.57 Å². The van der Waals surface area contributed by atoms with Gasteiger partial charge in [0.15, 0.2) is 0 Å². The SMILES string of the molecule is C=C(CCNC(=O)COC1CC(OC(F)(F)F)C1)c1nnc(-c2ccc(C(F)(F)F)nc2)o1. The lowest BCUT2D eigenvalue weighted by Crippen LogP contribution is -2.42. The molecule has 1 saturated carbocycles. The number of carbonyl (C=O) groups is 1. The molecule has 1 aliphatic carbocycles. The van der Waals surface area contributed by atoms with Gasteiger partial charge in [0, 0.05) is 31.2 Å². The minimum absolute atomic E-state index is 0.0422. The Labute approximate surface area is 183 Å². The Morgan fingerprint density at radius 1 is 1.15 bits per heavy atom. The molecule has 0 aromatic carbocycles. The van der Waals surface area contributed by atoms with Gasteiger partial charge in [-0.05, 0) is 18.6 Å². The van der Waals surface area contributed by atoms with Crippen molar-refractivity contribution >= 4 is 11.5 Å². The van der Waals surface area contributed by atoms with E-state index < -0.39 is 36.3 Å². The summed E-state index contributed by atoms with van der Waals surface area (Å²) in [5.41, 5.74) is -0.485. The summed E-state index contributed by atoms with van der Waals surface area (Å²) >= 11 is 0. The molecule has 33 heavy (non-hydrogen) atoms. The highest BCUT2D eigenvalue weighted by molar-refractivity contribution is 5.77. The number of hydrogen-bond donors (Lipinski definition) is 1. The molecule has 2 aromatic heterocycles. The Balaban J connectivity index is 1.37. The Bertz CT molecular complexity index is 968. The van der Waals surface area contributed by atoms with Crippen LogP contribution in [0.3, 0.4) is 0 Å². The van der Waals surface area contributed by atoms with Gasteiger partial charge in [0.1, 0.15) is 12.3 Å². The van der Waals surface area contributed by atoms with Crippen molar-refractivity contribution in [1.82, 2.24) is 20.5 Å². The fourth-order valence-corrected chi connectivity index (χ4v) is 2.81. The van der Waals surface area contributed by atoms with E-state index in [9.17, 15) is 31.1 Å². The third kappa shape index (κ3) is 7.25. The molecule has 0 radical (unpaired) electrons. The number of ether oxygens (including phenoxy) is 2. The van der Waals surface area contributed by atoms with Gasteiger partial charge in [-0.3, -0.25) is 14.5 Å². The molecule has 2 heterocycles. The molecule has 0 aliphatic heterocycles. The number of carbonyl (C=O) groups excluding carboxylic acids is 1. The highest BCUT2D eigenvalue weighted by Gasteiger charge is 2.40. The zero-order valence-corrected chi connectivity index (χ0v) is 16.9. The molecule has 0 atom stereocenters. The highest BCUT2D eigenvalue weighted by Crippen LogP contribution is 2.32. The van der Waals surface area contributed by atoms with Crippen molar-refractivity contribution in [3.8, 4) is 11.5 Å². The van der Waals surface area contributed by atoms with E-state index >= 15 is 0 Å². The normalized spacial score (nSPS) is 18.6. The van der Waals surface area contributed by atoms with E-state index in [1.165, 1.54) is 0 Å². The van der Waals surface area contributed by atoms with Crippen molar-refractivity contribution < 1.29 is 45.0 Å². The third-order valence-electron chi connectivity index (χ3n) is 4.58. The Hall–Kier alpha value is -3.00. The fourth-order valence-electron chi connectivity index (χ4n) is 2.81. The van der Waals surface area contributed by atoms with Crippen LogP contribution in [0, 0.1) is 0 Å². The summed E-state index contributed by atoms with van der Waals surface area (Å²) in [6.07, 6.45) is -9.40. The number of rotatable bonds is 9. The number of alkyl halides is 6. The number of aromatic nitrogens is 3. The van der Waals surface area contributed by atoms with Crippen molar-refractivity contribution in [3.63, 3.8) is 0 Å². The quantitative estimate of drug-likeness (QED) is 0.546. The summed E-state index contributed by atoms with van der Waals surface area (Å²) in [5.74, 6) is -0.469. The number of amides is 1. The van der Waals surface area contributed by atoms with E-state index in [4.69, 9.17) is 9.15 Å². The van der Waals surface area contributed by atoms with Crippen molar-refractivity contribution in [2.45, 2.75) is 44.0 Å². The fraction of sp³-hybridized carbons (Fsp3) is 0.474. The second-order valence-electron chi connectivity index (χ2n) is 7.14. The molecule has 1 fully saturated rings. The van der Waals surface area contributed by atoms with Crippen molar-refractivity contribution in [2.24, 2.45) is 0 Å². The molecular formula is C19H18F6N4O4. The van der Waals surface area contributed by atoms with Crippen molar-refractivity contribution in [3.05, 3.63) is 36.5 Å². The zero-order valence-electron chi connectivity index (χ0n) is 16.9. The maximum Gasteiger partial charge on any atom is 0.522 e. The van der Waals surface area contributed by atoms with Crippen molar-refractivity contribution in [2.75, 3.05) is 13.2 Å². The molecule has 2 aromatic rings. The molecule has 0 saturated heterocycles. The largest absolute Gasteiger partial charge is 0.522 e. The molecule has 1 aliphatic rings. The Morgan fingerprint density at radius 3 is 2.48 bits per heavy atom. The van der Waals surface area contributed by atoms with Gasteiger partial charge in [0.25, 0.3) is 0 Å². The van der Waals surface area contributed by atoms with Crippen LogP contribution in [0.5, 0.6) is 0 Å². The first-order chi connectivity index (χ1) is 15.4. The average molecular weight is 480 g/mol. The van der Waals surface area contributed by atoms with Gasteiger partial charge in [-0.25, -0.2) is 0 Å². The van der Waals surface area contributed by atoms with Gasteiger partial charge in [-0.1, -0.05) is 6.58 Å². The second-order valence-corrected chi connectivity index (χ2v) is 7.14. The second kappa shape index (κ2) is 9.87. The van der Waals surface area contributed by atoms with E-state index in [2.05, 4.69) is 31.8 Å². The number of pyridine rings is 1. The zero-order chi connectivity index (χ0) is 24.2. The first-order valence-electron chi connectivity index (χ1n) is 9.59. The Morgan fingerprint density at radius 2 is 1.88 bits per heavy atom. The highest BCUT2D eigenvalue weighted by atomic mass is 19.4. The van der Waals surface area contributed by atoms with Crippen LogP contribution in [-0.4, -0.2) is 52.8 Å². The lowest BCUT2D eigenvalue weighted by molar-refractivity contribution is -0.357. The third-order valence-corrected chi connectivity index (χ3v) is 4.58. The first kappa shape index (κ1) is 24.6. The van der Waals surface area contributed by atoms with E-state index in [1.807, 2.05) is 0 Å². The van der Waals surface area contributed by atoms with E-state index in [-0.39, 0.29) is 49.8 Å². The maximum absolute atomic E-state index is 12.6. The molecular weight excluding hydrogens is 462 g/mol. The molecule has 180 valence electrons.